The zero-order valence-electron chi connectivity index (χ0n) is 14.0. The van der Waals surface area contributed by atoms with Gasteiger partial charge in [-0.2, -0.15) is 0 Å². The fourth-order valence-corrected chi connectivity index (χ4v) is 2.78. The van der Waals surface area contributed by atoms with Gasteiger partial charge in [0.2, 0.25) is 0 Å². The van der Waals surface area contributed by atoms with Gasteiger partial charge in [0, 0.05) is 24.2 Å². The molecule has 4 nitrogen and oxygen atoms in total. The molecule has 1 atom stereocenters. The minimum atomic E-state index is -0.463. The van der Waals surface area contributed by atoms with Crippen LogP contribution < -0.4 is 10.6 Å². The number of halogens is 1. The van der Waals surface area contributed by atoms with Crippen LogP contribution in [0.3, 0.4) is 0 Å². The summed E-state index contributed by atoms with van der Waals surface area (Å²) in [6.07, 6.45) is 5.61. The zero-order valence-corrected chi connectivity index (χ0v) is 14.7. The summed E-state index contributed by atoms with van der Waals surface area (Å²) in [4.78, 5) is 11.5. The second-order valence-corrected chi connectivity index (χ2v) is 7.22. The quantitative estimate of drug-likeness (QED) is 0.809. The van der Waals surface area contributed by atoms with Crippen molar-refractivity contribution in [2.45, 2.75) is 45.3 Å². The van der Waals surface area contributed by atoms with Crippen LogP contribution in [0.4, 0.5) is 4.79 Å². The highest BCUT2D eigenvalue weighted by Gasteiger charge is 2.20. The number of hydrogen-bond donors (Lipinski definition) is 2. The van der Waals surface area contributed by atoms with Crippen LogP contribution >= 0.6 is 11.6 Å². The number of benzene rings is 1. The van der Waals surface area contributed by atoms with Gasteiger partial charge in [-0.25, -0.2) is 4.79 Å². The molecule has 0 spiro atoms. The molecule has 1 aromatic rings. The summed E-state index contributed by atoms with van der Waals surface area (Å²) in [5.74, 6) is 0. The Kier molecular flexibility index (Phi) is 6.08. The second kappa shape index (κ2) is 7.84. The highest BCUT2D eigenvalue weighted by Crippen LogP contribution is 2.25. The number of ether oxygens (including phenoxy) is 1. The second-order valence-electron chi connectivity index (χ2n) is 6.78. The molecule has 0 fully saturated rings. The van der Waals surface area contributed by atoms with E-state index in [1.165, 1.54) is 11.1 Å². The van der Waals surface area contributed by atoms with Gasteiger partial charge >= 0.3 is 6.09 Å². The predicted molar refractivity (Wildman–Crippen MR) is 94.0 cm³/mol. The average molecular weight is 337 g/mol. The maximum absolute atomic E-state index is 11.5. The SMILES string of the molecule is CC(C)(C)OC(=O)NC/C=C/CNC1Cc2ccc(Cl)cc2C1. The third kappa shape index (κ3) is 6.24. The normalized spacial score (nSPS) is 17.3. The molecule has 1 aromatic carbocycles. The maximum atomic E-state index is 11.5. The van der Waals surface area contributed by atoms with E-state index in [0.29, 0.717) is 12.6 Å². The monoisotopic (exact) mass is 336 g/mol. The Morgan fingerprint density at radius 1 is 1.26 bits per heavy atom. The van der Waals surface area contributed by atoms with Crippen molar-refractivity contribution in [1.29, 1.82) is 0 Å². The molecule has 1 amide bonds. The van der Waals surface area contributed by atoms with E-state index in [0.717, 1.165) is 24.4 Å². The van der Waals surface area contributed by atoms with Crippen LogP contribution in [-0.4, -0.2) is 30.8 Å². The number of carbonyl (C=O) groups excluding carboxylic acids is 1. The number of alkyl carbamates (subject to hydrolysis) is 1. The minimum Gasteiger partial charge on any atom is -0.444 e. The molecule has 2 rings (SSSR count). The smallest absolute Gasteiger partial charge is 0.407 e. The number of fused-ring (bicyclic) bond motifs is 1. The lowest BCUT2D eigenvalue weighted by Gasteiger charge is -2.19. The zero-order chi connectivity index (χ0) is 16.9. The van der Waals surface area contributed by atoms with Gasteiger partial charge in [0.25, 0.3) is 0 Å². The largest absolute Gasteiger partial charge is 0.444 e. The molecular formula is C18H25ClN2O2. The van der Waals surface area contributed by atoms with Crippen molar-refractivity contribution in [3.8, 4) is 0 Å². The van der Waals surface area contributed by atoms with Gasteiger partial charge in [-0.3, -0.25) is 0 Å². The Hall–Kier alpha value is -1.52. The standard InChI is InChI=1S/C18H25ClN2O2/c1-18(2,3)23-17(22)21-9-5-4-8-20-16-11-13-6-7-15(19)10-14(13)12-16/h4-7,10,16,20H,8-9,11-12H2,1-3H3,(H,21,22)/b5-4+. The third-order valence-electron chi connectivity index (χ3n) is 3.56. The lowest BCUT2D eigenvalue weighted by molar-refractivity contribution is 0.0534. The van der Waals surface area contributed by atoms with Crippen LogP contribution in [0.2, 0.25) is 5.02 Å². The van der Waals surface area contributed by atoms with E-state index in [1.54, 1.807) is 0 Å². The van der Waals surface area contributed by atoms with Crippen LogP contribution in [0.15, 0.2) is 30.4 Å². The first-order valence-corrected chi connectivity index (χ1v) is 8.34. The van der Waals surface area contributed by atoms with Gasteiger partial charge in [0.05, 0.1) is 0 Å². The summed E-state index contributed by atoms with van der Waals surface area (Å²) < 4.78 is 5.16. The van der Waals surface area contributed by atoms with E-state index >= 15 is 0 Å². The summed E-state index contributed by atoms with van der Waals surface area (Å²) in [6.45, 7) is 6.79. The average Bonchev–Trinajstić information content (AvgIpc) is 2.82. The Bertz CT molecular complexity index is 579. The number of amides is 1. The summed E-state index contributed by atoms with van der Waals surface area (Å²) in [7, 11) is 0. The summed E-state index contributed by atoms with van der Waals surface area (Å²) in [6, 6.07) is 6.57. The van der Waals surface area contributed by atoms with Crippen LogP contribution in [0.1, 0.15) is 31.9 Å². The molecular weight excluding hydrogens is 312 g/mol. The number of carbonyl (C=O) groups is 1. The van der Waals surface area contributed by atoms with E-state index in [2.05, 4.69) is 22.8 Å². The molecule has 1 aliphatic rings. The van der Waals surface area contributed by atoms with Crippen molar-refractivity contribution < 1.29 is 9.53 Å². The van der Waals surface area contributed by atoms with Gasteiger partial charge in [-0.15, -0.1) is 0 Å². The van der Waals surface area contributed by atoms with Crippen molar-refractivity contribution in [2.75, 3.05) is 13.1 Å². The van der Waals surface area contributed by atoms with Crippen molar-refractivity contribution in [3.05, 3.63) is 46.5 Å². The van der Waals surface area contributed by atoms with E-state index in [4.69, 9.17) is 16.3 Å². The molecule has 0 bridgehead atoms. The van der Waals surface area contributed by atoms with Crippen LogP contribution in [0.5, 0.6) is 0 Å². The van der Waals surface area contributed by atoms with Crippen molar-refractivity contribution in [3.63, 3.8) is 0 Å². The molecule has 0 heterocycles. The molecule has 23 heavy (non-hydrogen) atoms. The molecule has 126 valence electrons. The first kappa shape index (κ1) is 17.8. The van der Waals surface area contributed by atoms with Crippen molar-refractivity contribution in [2.24, 2.45) is 0 Å². The van der Waals surface area contributed by atoms with E-state index in [1.807, 2.05) is 39.0 Å². The van der Waals surface area contributed by atoms with Crippen molar-refractivity contribution >= 4 is 17.7 Å². The Morgan fingerprint density at radius 2 is 1.96 bits per heavy atom. The molecule has 1 aliphatic carbocycles. The molecule has 0 saturated heterocycles. The minimum absolute atomic E-state index is 0.391. The topological polar surface area (TPSA) is 50.4 Å². The molecule has 1 unspecified atom stereocenters. The summed E-state index contributed by atoms with van der Waals surface area (Å²) >= 11 is 6.02. The first-order valence-electron chi connectivity index (χ1n) is 7.96. The Balaban J connectivity index is 1.62. The fourth-order valence-electron chi connectivity index (χ4n) is 2.59. The summed E-state index contributed by atoms with van der Waals surface area (Å²) in [5, 5.41) is 7.00. The predicted octanol–water partition coefficient (Wildman–Crippen LogP) is 3.48. The van der Waals surface area contributed by atoms with Crippen LogP contribution in [-0.2, 0) is 17.6 Å². The van der Waals surface area contributed by atoms with Gasteiger partial charge in [0.1, 0.15) is 5.60 Å². The molecule has 0 aromatic heterocycles. The maximum Gasteiger partial charge on any atom is 0.407 e. The number of rotatable bonds is 5. The fraction of sp³-hybridized carbons (Fsp3) is 0.500. The molecule has 5 heteroatoms. The highest BCUT2D eigenvalue weighted by molar-refractivity contribution is 6.30. The Labute approximate surface area is 143 Å². The van der Waals surface area contributed by atoms with Crippen LogP contribution in [0, 0.1) is 0 Å². The molecule has 2 N–H and O–H groups in total. The molecule has 0 saturated carbocycles. The molecule has 0 radical (unpaired) electrons. The van der Waals surface area contributed by atoms with Gasteiger partial charge in [0.15, 0.2) is 0 Å². The lowest BCUT2D eigenvalue weighted by Crippen LogP contribution is -2.32. The number of nitrogens with one attached hydrogen (secondary N) is 2. The van der Waals surface area contributed by atoms with E-state index in [-0.39, 0.29) is 0 Å². The van der Waals surface area contributed by atoms with E-state index in [9.17, 15) is 4.79 Å². The van der Waals surface area contributed by atoms with Crippen molar-refractivity contribution in [1.82, 2.24) is 10.6 Å². The van der Waals surface area contributed by atoms with Crippen LogP contribution in [0.25, 0.3) is 0 Å². The molecule has 0 aliphatic heterocycles. The van der Waals surface area contributed by atoms with Gasteiger partial charge < -0.3 is 15.4 Å². The van der Waals surface area contributed by atoms with Gasteiger partial charge in [-0.1, -0.05) is 29.8 Å². The lowest BCUT2D eigenvalue weighted by atomic mass is 10.1. The third-order valence-corrected chi connectivity index (χ3v) is 3.79. The Morgan fingerprint density at radius 3 is 2.70 bits per heavy atom. The highest BCUT2D eigenvalue weighted by atomic mass is 35.5. The van der Waals surface area contributed by atoms with Gasteiger partial charge in [-0.05, 0) is 56.9 Å². The first-order chi connectivity index (χ1) is 10.8. The summed E-state index contributed by atoms with van der Waals surface area (Å²) in [5.41, 5.74) is 2.25. The van der Waals surface area contributed by atoms with E-state index < -0.39 is 11.7 Å². The number of hydrogen-bond acceptors (Lipinski definition) is 3.